The molecule has 0 aliphatic rings. The molecule has 0 aliphatic carbocycles. The number of para-hydroxylation sites is 1. The number of carboxylic acids is 1. The summed E-state index contributed by atoms with van der Waals surface area (Å²) in [5, 5.41) is 9.69. The molecule has 7 heteroatoms. The van der Waals surface area contributed by atoms with E-state index in [-0.39, 0.29) is 8.80 Å². The molecule has 1 aromatic carbocycles. The maximum absolute atomic E-state index is 11.8. The van der Waals surface area contributed by atoms with E-state index in [0.29, 0.717) is 10.7 Å². The maximum Gasteiger partial charge on any atom is 0.327 e. The summed E-state index contributed by atoms with van der Waals surface area (Å²) >= 11 is 0. The first-order chi connectivity index (χ1) is 11.1. The van der Waals surface area contributed by atoms with Crippen molar-refractivity contribution in [2.24, 2.45) is 0 Å². The van der Waals surface area contributed by atoms with E-state index in [9.17, 15) is 13.2 Å². The SMILES string of the molecule is C[SiH](C)C(C)(C)C.Cc1cccc(C)c1N(C(C)C(=O)O)S(C)(=O)=O. The lowest BCUT2D eigenvalue weighted by molar-refractivity contribution is -0.137. The Bertz CT molecular complexity index is 673. The number of benzene rings is 1. The molecule has 0 amide bonds. The first-order valence-corrected chi connectivity index (χ1v) is 13.1. The molecular weight excluding hydrogens is 354 g/mol. The number of sulfonamides is 1. The molecule has 0 fully saturated rings. The van der Waals surface area contributed by atoms with Crippen LogP contribution in [0.3, 0.4) is 0 Å². The van der Waals surface area contributed by atoms with Crippen LogP contribution in [0.15, 0.2) is 18.2 Å². The molecule has 0 aliphatic heterocycles. The van der Waals surface area contributed by atoms with E-state index in [0.717, 1.165) is 21.7 Å². The van der Waals surface area contributed by atoms with Gasteiger partial charge in [0, 0.05) is 8.80 Å². The lowest BCUT2D eigenvalue weighted by atomic mass is 10.1. The van der Waals surface area contributed by atoms with Gasteiger partial charge in [0.15, 0.2) is 0 Å². The number of aryl methyl sites for hydroxylation is 2. The summed E-state index contributed by atoms with van der Waals surface area (Å²) in [6.07, 6.45) is 1.01. The number of carboxylic acid groups (broad SMARTS) is 1. The number of carbonyl (C=O) groups is 1. The Hall–Kier alpha value is -1.34. The summed E-state index contributed by atoms with van der Waals surface area (Å²) in [6, 6.07) is 4.18. The van der Waals surface area contributed by atoms with Crippen LogP contribution in [0.1, 0.15) is 38.8 Å². The molecular formula is C18H33NO4SSi. The van der Waals surface area contributed by atoms with E-state index < -0.39 is 22.0 Å². The summed E-state index contributed by atoms with van der Waals surface area (Å²) in [7, 11) is -4.01. The van der Waals surface area contributed by atoms with Crippen LogP contribution in [0.4, 0.5) is 5.69 Å². The lowest BCUT2D eigenvalue weighted by Gasteiger charge is -2.29. The van der Waals surface area contributed by atoms with Crippen molar-refractivity contribution in [2.45, 2.75) is 65.7 Å². The van der Waals surface area contributed by atoms with Crippen LogP contribution < -0.4 is 4.31 Å². The molecule has 0 spiro atoms. The lowest BCUT2D eigenvalue weighted by Crippen LogP contribution is -2.43. The van der Waals surface area contributed by atoms with Gasteiger partial charge in [-0.2, -0.15) is 0 Å². The number of anilines is 1. The third-order valence-corrected chi connectivity index (χ3v) is 9.14. The van der Waals surface area contributed by atoms with Gasteiger partial charge in [0.2, 0.25) is 10.0 Å². The number of rotatable bonds is 4. The first kappa shape index (κ1) is 23.7. The summed E-state index contributed by atoms with van der Waals surface area (Å²) in [6.45, 7) is 16.6. The van der Waals surface area contributed by atoms with Gasteiger partial charge in [0.1, 0.15) is 6.04 Å². The Morgan fingerprint density at radius 3 is 1.76 bits per heavy atom. The Morgan fingerprint density at radius 2 is 1.52 bits per heavy atom. The Labute approximate surface area is 154 Å². The third kappa shape index (κ3) is 7.19. The summed E-state index contributed by atoms with van der Waals surface area (Å²) in [5.41, 5.74) is 1.90. The van der Waals surface area contributed by atoms with Gasteiger partial charge in [-0.05, 0) is 36.9 Å². The third-order valence-electron chi connectivity index (χ3n) is 4.46. The van der Waals surface area contributed by atoms with E-state index in [1.54, 1.807) is 32.0 Å². The molecule has 0 bridgehead atoms. The van der Waals surface area contributed by atoms with E-state index >= 15 is 0 Å². The topological polar surface area (TPSA) is 74.7 Å². The fraction of sp³-hybridized carbons (Fsp3) is 0.611. The van der Waals surface area contributed by atoms with Gasteiger partial charge in [-0.25, -0.2) is 13.2 Å². The van der Waals surface area contributed by atoms with Gasteiger partial charge < -0.3 is 5.11 Å². The summed E-state index contributed by atoms with van der Waals surface area (Å²) < 4.78 is 24.6. The van der Waals surface area contributed by atoms with Gasteiger partial charge in [-0.3, -0.25) is 4.31 Å². The summed E-state index contributed by atoms with van der Waals surface area (Å²) in [4.78, 5) is 11.1. The maximum atomic E-state index is 11.8. The zero-order chi connectivity index (χ0) is 20.2. The first-order valence-electron chi connectivity index (χ1n) is 8.39. The minimum absolute atomic E-state index is 0.359. The second-order valence-electron chi connectivity index (χ2n) is 7.83. The molecule has 1 unspecified atom stereocenters. The Kier molecular flexibility index (Phi) is 8.37. The normalized spacial score (nSPS) is 13.0. The minimum Gasteiger partial charge on any atom is -0.480 e. The molecule has 0 radical (unpaired) electrons. The highest BCUT2D eigenvalue weighted by Crippen LogP contribution is 2.28. The predicted octanol–water partition coefficient (Wildman–Crippen LogP) is 3.82. The van der Waals surface area contributed by atoms with E-state index in [4.69, 9.17) is 5.11 Å². The minimum atomic E-state index is -3.65. The van der Waals surface area contributed by atoms with Crippen molar-refractivity contribution in [2.75, 3.05) is 10.6 Å². The van der Waals surface area contributed by atoms with Crippen LogP contribution in [0.2, 0.25) is 18.1 Å². The second kappa shape index (κ2) is 8.85. The van der Waals surface area contributed by atoms with Crippen molar-refractivity contribution in [3.63, 3.8) is 0 Å². The standard InChI is InChI=1S/C12H17NO4S.C6H16Si/c1-8-6-5-7-9(2)11(8)13(18(4,16)17)10(3)12(14)15;1-6(2,3)7(4)5/h5-7,10H,1-4H3,(H,14,15);7H,1-5H3. The van der Waals surface area contributed by atoms with Crippen LogP contribution in [0, 0.1) is 13.8 Å². The molecule has 0 heterocycles. The fourth-order valence-corrected chi connectivity index (χ4v) is 3.18. The van der Waals surface area contributed by atoms with Gasteiger partial charge in [-0.15, -0.1) is 0 Å². The Balaban J connectivity index is 0.000000697. The second-order valence-corrected chi connectivity index (χ2v) is 13.7. The predicted molar refractivity (Wildman–Crippen MR) is 109 cm³/mol. The summed E-state index contributed by atoms with van der Waals surface area (Å²) in [5.74, 6) is -1.18. The van der Waals surface area contributed by atoms with E-state index in [2.05, 4.69) is 33.9 Å². The molecule has 5 nitrogen and oxygen atoms in total. The largest absolute Gasteiger partial charge is 0.480 e. The van der Waals surface area contributed by atoms with Crippen molar-refractivity contribution in [1.82, 2.24) is 0 Å². The molecule has 1 rings (SSSR count). The van der Waals surface area contributed by atoms with Crippen molar-refractivity contribution >= 4 is 30.5 Å². The van der Waals surface area contributed by atoms with Crippen LogP contribution in [-0.4, -0.2) is 40.6 Å². The van der Waals surface area contributed by atoms with Gasteiger partial charge in [0.05, 0.1) is 11.9 Å². The Morgan fingerprint density at radius 1 is 1.16 bits per heavy atom. The number of hydrogen-bond donors (Lipinski definition) is 1. The molecule has 1 atom stereocenters. The zero-order valence-corrected chi connectivity index (χ0v) is 18.9. The van der Waals surface area contributed by atoms with Crippen LogP contribution in [0.25, 0.3) is 0 Å². The average Bonchev–Trinajstić information content (AvgIpc) is 2.40. The highest BCUT2D eigenvalue weighted by molar-refractivity contribution is 7.92. The van der Waals surface area contributed by atoms with E-state index in [1.165, 1.54) is 6.92 Å². The smallest absolute Gasteiger partial charge is 0.327 e. The van der Waals surface area contributed by atoms with Crippen molar-refractivity contribution in [3.8, 4) is 0 Å². The number of nitrogens with zero attached hydrogens (tertiary/aromatic N) is 1. The van der Waals surface area contributed by atoms with Crippen molar-refractivity contribution < 1.29 is 18.3 Å². The van der Waals surface area contributed by atoms with E-state index in [1.807, 2.05) is 0 Å². The van der Waals surface area contributed by atoms with Crippen LogP contribution in [-0.2, 0) is 14.8 Å². The quantitative estimate of drug-likeness (QED) is 0.797. The highest BCUT2D eigenvalue weighted by Gasteiger charge is 2.30. The number of aliphatic carboxylic acids is 1. The van der Waals surface area contributed by atoms with Crippen molar-refractivity contribution in [3.05, 3.63) is 29.3 Å². The molecule has 144 valence electrons. The zero-order valence-electron chi connectivity index (χ0n) is 16.9. The number of hydrogen-bond acceptors (Lipinski definition) is 3. The molecule has 1 aromatic rings. The molecule has 0 aromatic heterocycles. The van der Waals surface area contributed by atoms with Gasteiger partial charge in [0.25, 0.3) is 0 Å². The molecule has 1 N–H and O–H groups in total. The van der Waals surface area contributed by atoms with Gasteiger partial charge >= 0.3 is 5.97 Å². The molecule has 25 heavy (non-hydrogen) atoms. The van der Waals surface area contributed by atoms with Crippen LogP contribution in [0.5, 0.6) is 0 Å². The average molecular weight is 388 g/mol. The van der Waals surface area contributed by atoms with Gasteiger partial charge in [-0.1, -0.05) is 52.1 Å². The van der Waals surface area contributed by atoms with Crippen LogP contribution >= 0.6 is 0 Å². The van der Waals surface area contributed by atoms with Crippen molar-refractivity contribution in [1.29, 1.82) is 0 Å². The molecule has 0 saturated carbocycles. The highest BCUT2D eigenvalue weighted by atomic mass is 32.2. The molecule has 0 saturated heterocycles. The monoisotopic (exact) mass is 387 g/mol. The fourth-order valence-electron chi connectivity index (χ4n) is 1.90.